The predicted octanol–water partition coefficient (Wildman–Crippen LogP) is 1.62. The molecule has 5 heteroatoms. The lowest BCUT2D eigenvalue weighted by molar-refractivity contribution is -0.146. The lowest BCUT2D eigenvalue weighted by atomic mass is 10.3. The lowest BCUT2D eigenvalue weighted by Gasteiger charge is -2.08. The quantitative estimate of drug-likeness (QED) is 0.433. The maximum atomic E-state index is 11.3. The van der Waals surface area contributed by atoms with Gasteiger partial charge in [0.25, 0.3) is 0 Å². The first kappa shape index (κ1) is 14.3. The Hall–Kier alpha value is -1.75. The van der Waals surface area contributed by atoms with E-state index in [1.54, 1.807) is 24.3 Å². The predicted molar refractivity (Wildman–Crippen MR) is 68.4 cm³/mol. The molecular weight excluding hydrogens is 234 g/mol. The summed E-state index contributed by atoms with van der Waals surface area (Å²) in [5, 5.41) is 0. The van der Waals surface area contributed by atoms with Crippen LogP contribution in [0.15, 0.2) is 24.3 Å². The number of nitrogens with two attached hydrogens (primary N) is 1. The third-order valence-electron chi connectivity index (χ3n) is 2.16. The topological polar surface area (TPSA) is 70.8 Å². The van der Waals surface area contributed by atoms with Crippen LogP contribution in [0.4, 0.5) is 5.69 Å². The monoisotopic (exact) mass is 253 g/mol. The minimum atomic E-state index is -0.408. The zero-order valence-electron chi connectivity index (χ0n) is 10.6. The molecule has 5 nitrogen and oxygen atoms in total. The van der Waals surface area contributed by atoms with Gasteiger partial charge in [-0.05, 0) is 19.1 Å². The second-order valence-corrected chi connectivity index (χ2v) is 3.60. The second-order valence-electron chi connectivity index (χ2n) is 3.60. The third kappa shape index (κ3) is 5.54. The van der Waals surface area contributed by atoms with E-state index in [1.807, 2.05) is 6.92 Å². The van der Waals surface area contributed by atoms with E-state index in [2.05, 4.69) is 0 Å². The van der Waals surface area contributed by atoms with Gasteiger partial charge >= 0.3 is 5.97 Å². The van der Waals surface area contributed by atoms with Crippen molar-refractivity contribution < 1.29 is 19.0 Å². The van der Waals surface area contributed by atoms with Gasteiger partial charge in [0.15, 0.2) is 6.61 Å². The van der Waals surface area contributed by atoms with Gasteiger partial charge in [-0.1, -0.05) is 12.1 Å². The molecule has 0 amide bonds. The van der Waals surface area contributed by atoms with E-state index in [0.717, 1.165) is 0 Å². The van der Waals surface area contributed by atoms with E-state index in [0.29, 0.717) is 37.7 Å². The van der Waals surface area contributed by atoms with Crippen molar-refractivity contribution in [3.05, 3.63) is 24.3 Å². The minimum absolute atomic E-state index is 0.136. The summed E-state index contributed by atoms with van der Waals surface area (Å²) in [5.74, 6) is 0.0820. The molecule has 2 N–H and O–H groups in total. The fourth-order valence-corrected chi connectivity index (χ4v) is 1.28. The fourth-order valence-electron chi connectivity index (χ4n) is 1.28. The highest BCUT2D eigenvalue weighted by molar-refractivity contribution is 5.71. The van der Waals surface area contributed by atoms with Crippen LogP contribution in [0.3, 0.4) is 0 Å². The average molecular weight is 253 g/mol. The number of para-hydroxylation sites is 2. The molecule has 0 unspecified atom stereocenters. The molecule has 0 radical (unpaired) electrons. The normalized spacial score (nSPS) is 10.1. The minimum Gasteiger partial charge on any atom is -0.480 e. The molecule has 0 aromatic heterocycles. The van der Waals surface area contributed by atoms with Crippen LogP contribution in [0.5, 0.6) is 5.75 Å². The molecule has 0 aliphatic carbocycles. The number of hydrogen-bond donors (Lipinski definition) is 1. The summed E-state index contributed by atoms with van der Waals surface area (Å²) in [6, 6.07) is 7.01. The Balaban J connectivity index is 2.15. The number of hydrogen-bond acceptors (Lipinski definition) is 5. The van der Waals surface area contributed by atoms with Gasteiger partial charge in [0.1, 0.15) is 5.75 Å². The molecular formula is C13H19NO4. The van der Waals surface area contributed by atoms with Crippen LogP contribution in [0.2, 0.25) is 0 Å². The maximum absolute atomic E-state index is 11.3. The molecule has 0 fully saturated rings. The highest BCUT2D eigenvalue weighted by Gasteiger charge is 2.05. The molecule has 0 aliphatic heterocycles. The van der Waals surface area contributed by atoms with Crippen molar-refractivity contribution in [3.63, 3.8) is 0 Å². The molecule has 0 atom stereocenters. The van der Waals surface area contributed by atoms with Crippen molar-refractivity contribution in [2.45, 2.75) is 13.3 Å². The molecule has 1 aromatic rings. The van der Waals surface area contributed by atoms with Crippen molar-refractivity contribution in [2.75, 3.05) is 32.2 Å². The summed E-state index contributed by atoms with van der Waals surface area (Å²) < 4.78 is 15.3. The molecule has 1 aromatic carbocycles. The lowest BCUT2D eigenvalue weighted by Crippen LogP contribution is -2.16. The molecule has 0 heterocycles. The number of nitrogen functional groups attached to an aromatic ring is 1. The summed E-state index contributed by atoms with van der Waals surface area (Å²) in [5.41, 5.74) is 6.17. The van der Waals surface area contributed by atoms with E-state index in [4.69, 9.17) is 19.9 Å². The summed E-state index contributed by atoms with van der Waals surface area (Å²) in [4.78, 5) is 11.3. The Bertz CT molecular complexity index is 368. The van der Waals surface area contributed by atoms with E-state index in [1.165, 1.54) is 0 Å². The standard InChI is InChI=1S/C13H19NO4/c1-2-16-8-5-9-17-13(15)10-18-12-7-4-3-6-11(12)14/h3-4,6-7H,2,5,8-10,14H2,1H3. The molecule has 18 heavy (non-hydrogen) atoms. The Labute approximate surface area is 107 Å². The average Bonchev–Trinajstić information content (AvgIpc) is 2.37. The second kappa shape index (κ2) is 8.36. The van der Waals surface area contributed by atoms with Gasteiger partial charge in [-0.3, -0.25) is 0 Å². The summed E-state index contributed by atoms with van der Waals surface area (Å²) in [6.45, 7) is 3.39. The fraction of sp³-hybridized carbons (Fsp3) is 0.462. The van der Waals surface area contributed by atoms with Crippen molar-refractivity contribution in [3.8, 4) is 5.75 Å². The molecule has 0 saturated heterocycles. The highest BCUT2D eigenvalue weighted by atomic mass is 16.6. The van der Waals surface area contributed by atoms with Crippen LogP contribution < -0.4 is 10.5 Å². The van der Waals surface area contributed by atoms with Gasteiger partial charge in [-0.25, -0.2) is 4.79 Å². The van der Waals surface area contributed by atoms with Crippen LogP contribution in [-0.4, -0.2) is 32.4 Å². The number of benzene rings is 1. The SMILES string of the molecule is CCOCCCOC(=O)COc1ccccc1N. The largest absolute Gasteiger partial charge is 0.480 e. The van der Waals surface area contributed by atoms with Gasteiger partial charge < -0.3 is 19.9 Å². The van der Waals surface area contributed by atoms with E-state index in [9.17, 15) is 4.79 Å². The van der Waals surface area contributed by atoms with Crippen molar-refractivity contribution in [1.29, 1.82) is 0 Å². The van der Waals surface area contributed by atoms with Crippen LogP contribution in [0, 0.1) is 0 Å². The van der Waals surface area contributed by atoms with E-state index < -0.39 is 5.97 Å². The van der Waals surface area contributed by atoms with Gasteiger partial charge in [-0.2, -0.15) is 0 Å². The van der Waals surface area contributed by atoms with Crippen LogP contribution >= 0.6 is 0 Å². The van der Waals surface area contributed by atoms with Crippen LogP contribution in [0.1, 0.15) is 13.3 Å². The maximum Gasteiger partial charge on any atom is 0.344 e. The first-order chi connectivity index (χ1) is 8.74. The Morgan fingerprint density at radius 3 is 2.78 bits per heavy atom. The number of carbonyl (C=O) groups excluding carboxylic acids is 1. The first-order valence-electron chi connectivity index (χ1n) is 5.94. The zero-order chi connectivity index (χ0) is 13.2. The summed E-state index contributed by atoms with van der Waals surface area (Å²) >= 11 is 0. The van der Waals surface area contributed by atoms with Crippen molar-refractivity contribution >= 4 is 11.7 Å². The highest BCUT2D eigenvalue weighted by Crippen LogP contribution is 2.19. The molecule has 0 bridgehead atoms. The third-order valence-corrected chi connectivity index (χ3v) is 2.16. The van der Waals surface area contributed by atoms with E-state index >= 15 is 0 Å². The number of anilines is 1. The number of rotatable bonds is 8. The van der Waals surface area contributed by atoms with Gasteiger partial charge in [0, 0.05) is 19.6 Å². The van der Waals surface area contributed by atoms with Gasteiger partial charge in [0.05, 0.1) is 12.3 Å². The number of esters is 1. The van der Waals surface area contributed by atoms with Crippen molar-refractivity contribution in [2.24, 2.45) is 0 Å². The van der Waals surface area contributed by atoms with Gasteiger partial charge in [-0.15, -0.1) is 0 Å². The van der Waals surface area contributed by atoms with Gasteiger partial charge in [0.2, 0.25) is 0 Å². The molecule has 1 rings (SSSR count). The summed E-state index contributed by atoms with van der Waals surface area (Å²) in [6.07, 6.45) is 0.688. The molecule has 100 valence electrons. The zero-order valence-corrected chi connectivity index (χ0v) is 10.6. The molecule has 0 saturated carbocycles. The smallest absolute Gasteiger partial charge is 0.344 e. The van der Waals surface area contributed by atoms with Crippen molar-refractivity contribution in [1.82, 2.24) is 0 Å². The number of carbonyl (C=O) groups is 1. The Morgan fingerprint density at radius 1 is 1.28 bits per heavy atom. The van der Waals surface area contributed by atoms with E-state index in [-0.39, 0.29) is 6.61 Å². The summed E-state index contributed by atoms with van der Waals surface area (Å²) in [7, 11) is 0. The molecule has 0 aliphatic rings. The van der Waals surface area contributed by atoms with Crippen LogP contribution in [-0.2, 0) is 14.3 Å². The van der Waals surface area contributed by atoms with Crippen LogP contribution in [0.25, 0.3) is 0 Å². The molecule has 0 spiro atoms. The number of ether oxygens (including phenoxy) is 3. The Morgan fingerprint density at radius 2 is 2.06 bits per heavy atom. The Kier molecular flexibility index (Phi) is 6.64. The first-order valence-corrected chi connectivity index (χ1v) is 5.94.